The van der Waals surface area contributed by atoms with E-state index < -0.39 is 14.6 Å². The second kappa shape index (κ2) is 11.5. The lowest BCUT2D eigenvalue weighted by molar-refractivity contribution is 0.134. The number of sulfone groups is 1. The Kier molecular flexibility index (Phi) is 10.4. The number of hydrogen-bond donors (Lipinski definition) is 2. The Morgan fingerprint density at radius 1 is 1.28 bits per heavy atom. The van der Waals surface area contributed by atoms with Crippen molar-refractivity contribution in [2.45, 2.75) is 63.9 Å². The van der Waals surface area contributed by atoms with E-state index in [1.807, 2.05) is 6.92 Å². The fourth-order valence-electron chi connectivity index (χ4n) is 3.30. The zero-order valence-corrected chi connectivity index (χ0v) is 21.5. The summed E-state index contributed by atoms with van der Waals surface area (Å²) in [4.78, 5) is 7.08. The van der Waals surface area contributed by atoms with Crippen molar-refractivity contribution in [3.63, 3.8) is 0 Å². The molecule has 2 atom stereocenters. The van der Waals surface area contributed by atoms with Crippen molar-refractivity contribution in [2.24, 2.45) is 4.99 Å². The van der Waals surface area contributed by atoms with Crippen LogP contribution in [0.15, 0.2) is 35.3 Å². The van der Waals surface area contributed by atoms with Crippen molar-refractivity contribution < 1.29 is 8.42 Å². The Bertz CT molecular complexity index is 753. The third-order valence-electron chi connectivity index (χ3n) is 5.55. The van der Waals surface area contributed by atoms with Gasteiger partial charge in [-0.1, -0.05) is 30.3 Å². The summed E-state index contributed by atoms with van der Waals surface area (Å²) >= 11 is 0. The number of rotatable bonds is 7. The van der Waals surface area contributed by atoms with E-state index in [0.29, 0.717) is 18.0 Å². The molecule has 0 spiro atoms. The van der Waals surface area contributed by atoms with Crippen LogP contribution in [0.25, 0.3) is 0 Å². The van der Waals surface area contributed by atoms with Crippen LogP contribution in [-0.2, 0) is 16.4 Å². The number of nitrogens with zero attached hydrogens (tertiary/aromatic N) is 2. The molecule has 2 rings (SSSR count). The first-order valence-electron chi connectivity index (χ1n) is 10.1. The lowest BCUT2D eigenvalue weighted by atomic mass is 9.97. The summed E-state index contributed by atoms with van der Waals surface area (Å²) in [5.74, 6) is 0.702. The van der Waals surface area contributed by atoms with Crippen LogP contribution in [-0.4, -0.2) is 62.0 Å². The minimum absolute atomic E-state index is 0. The third-order valence-corrected chi connectivity index (χ3v) is 7.69. The molecule has 2 N–H and O–H groups in total. The number of nitrogens with one attached hydrogen (secondary N) is 2. The first kappa shape index (κ1) is 26.2. The molecule has 6 nitrogen and oxygen atoms in total. The van der Waals surface area contributed by atoms with Crippen molar-refractivity contribution in [1.82, 2.24) is 15.5 Å². The van der Waals surface area contributed by atoms with Crippen LogP contribution in [0, 0.1) is 0 Å². The standard InChI is InChI=1S/C21H36N4O2S.HI/c1-6-22-20(23-16-21(3,4)28(5,26)27)24-19-12-13-25(17(2)14-19)15-18-10-8-7-9-11-18;/h7-11,17,19H,6,12-16H2,1-5H3,(H2,22,23,24);1H. The van der Waals surface area contributed by atoms with Crippen LogP contribution in [0.4, 0.5) is 0 Å². The predicted molar refractivity (Wildman–Crippen MR) is 133 cm³/mol. The van der Waals surface area contributed by atoms with E-state index in [1.165, 1.54) is 11.8 Å². The number of halogens is 1. The molecular weight excluding hydrogens is 499 g/mol. The van der Waals surface area contributed by atoms with E-state index in [2.05, 4.69) is 57.8 Å². The lowest BCUT2D eigenvalue weighted by Gasteiger charge is -2.38. The normalized spacial score (nSPS) is 21.3. The van der Waals surface area contributed by atoms with Crippen molar-refractivity contribution in [2.75, 3.05) is 25.9 Å². The molecule has 166 valence electrons. The summed E-state index contributed by atoms with van der Waals surface area (Å²) < 4.78 is 23.0. The first-order chi connectivity index (χ1) is 13.1. The van der Waals surface area contributed by atoms with Gasteiger partial charge in [0.25, 0.3) is 0 Å². The minimum Gasteiger partial charge on any atom is -0.357 e. The van der Waals surface area contributed by atoms with E-state index in [9.17, 15) is 8.42 Å². The summed E-state index contributed by atoms with van der Waals surface area (Å²) in [5, 5.41) is 6.76. The highest BCUT2D eigenvalue weighted by atomic mass is 127. The molecule has 0 saturated carbocycles. The molecule has 1 aliphatic heterocycles. The Morgan fingerprint density at radius 3 is 2.48 bits per heavy atom. The van der Waals surface area contributed by atoms with Gasteiger partial charge in [0.1, 0.15) is 0 Å². The van der Waals surface area contributed by atoms with Crippen LogP contribution in [0.2, 0.25) is 0 Å². The molecule has 1 aromatic carbocycles. The highest BCUT2D eigenvalue weighted by molar-refractivity contribution is 14.0. The van der Waals surface area contributed by atoms with Gasteiger partial charge in [0.05, 0.1) is 11.3 Å². The average molecular weight is 537 g/mol. The van der Waals surface area contributed by atoms with Gasteiger partial charge in [0.15, 0.2) is 15.8 Å². The maximum absolute atomic E-state index is 11.9. The maximum atomic E-state index is 11.9. The topological polar surface area (TPSA) is 73.8 Å². The van der Waals surface area contributed by atoms with E-state index in [1.54, 1.807) is 13.8 Å². The van der Waals surface area contributed by atoms with Gasteiger partial charge >= 0.3 is 0 Å². The number of benzene rings is 1. The SMILES string of the molecule is CCNC(=NCC(C)(C)S(C)(=O)=O)NC1CCN(Cc2ccccc2)C(C)C1.I. The van der Waals surface area contributed by atoms with E-state index in [-0.39, 0.29) is 30.5 Å². The Labute approximate surface area is 193 Å². The quantitative estimate of drug-likeness (QED) is 0.319. The van der Waals surface area contributed by atoms with Crippen molar-refractivity contribution in [1.29, 1.82) is 0 Å². The maximum Gasteiger partial charge on any atom is 0.191 e. The minimum atomic E-state index is -3.16. The molecule has 29 heavy (non-hydrogen) atoms. The number of guanidine groups is 1. The largest absolute Gasteiger partial charge is 0.357 e. The molecule has 1 aromatic rings. The van der Waals surface area contributed by atoms with Crippen LogP contribution in [0.1, 0.15) is 46.1 Å². The number of likely N-dealkylation sites (tertiary alicyclic amines) is 1. The summed E-state index contributed by atoms with van der Waals surface area (Å²) in [7, 11) is -3.16. The van der Waals surface area contributed by atoms with Crippen molar-refractivity contribution in [3.8, 4) is 0 Å². The molecule has 1 fully saturated rings. The van der Waals surface area contributed by atoms with Gasteiger partial charge < -0.3 is 10.6 Å². The van der Waals surface area contributed by atoms with Gasteiger partial charge in [-0.05, 0) is 46.1 Å². The van der Waals surface area contributed by atoms with E-state index in [0.717, 1.165) is 32.5 Å². The van der Waals surface area contributed by atoms with E-state index in [4.69, 9.17) is 0 Å². The molecule has 1 aliphatic rings. The van der Waals surface area contributed by atoms with E-state index >= 15 is 0 Å². The van der Waals surface area contributed by atoms with Gasteiger partial charge in [-0.3, -0.25) is 9.89 Å². The highest BCUT2D eigenvalue weighted by Gasteiger charge is 2.30. The smallest absolute Gasteiger partial charge is 0.191 e. The molecular formula is C21H37IN4O2S. The lowest BCUT2D eigenvalue weighted by Crippen LogP contribution is -2.51. The molecule has 0 radical (unpaired) electrons. The summed E-state index contributed by atoms with van der Waals surface area (Å²) in [6.07, 6.45) is 3.34. The number of hydrogen-bond acceptors (Lipinski definition) is 4. The highest BCUT2D eigenvalue weighted by Crippen LogP contribution is 2.20. The average Bonchev–Trinajstić information content (AvgIpc) is 2.62. The Morgan fingerprint density at radius 2 is 1.93 bits per heavy atom. The zero-order valence-electron chi connectivity index (χ0n) is 18.3. The predicted octanol–water partition coefficient (Wildman–Crippen LogP) is 3.04. The second-order valence-electron chi connectivity index (χ2n) is 8.40. The van der Waals surface area contributed by atoms with Crippen LogP contribution < -0.4 is 10.6 Å². The second-order valence-corrected chi connectivity index (χ2v) is 11.0. The third kappa shape index (κ3) is 8.05. The molecule has 1 saturated heterocycles. The Balaban J connectivity index is 0.00000420. The molecule has 8 heteroatoms. The number of aliphatic imine (C=N–C) groups is 1. The molecule has 2 unspecified atom stereocenters. The molecule has 0 aromatic heterocycles. The van der Waals surface area contributed by atoms with Gasteiger partial charge in [0.2, 0.25) is 0 Å². The summed E-state index contributed by atoms with van der Waals surface area (Å²) in [5.41, 5.74) is 1.35. The van der Waals surface area contributed by atoms with Gasteiger partial charge in [-0.2, -0.15) is 0 Å². The van der Waals surface area contributed by atoms with Gasteiger partial charge in [-0.25, -0.2) is 8.42 Å². The van der Waals surface area contributed by atoms with Crippen LogP contribution >= 0.6 is 24.0 Å². The molecule has 0 bridgehead atoms. The van der Waals surface area contributed by atoms with Gasteiger partial charge in [-0.15, -0.1) is 24.0 Å². The summed E-state index contributed by atoms with van der Waals surface area (Å²) in [6.45, 7) is 10.7. The molecule has 0 amide bonds. The van der Waals surface area contributed by atoms with Gasteiger partial charge in [0, 0.05) is 38.0 Å². The van der Waals surface area contributed by atoms with Crippen LogP contribution in [0.3, 0.4) is 0 Å². The summed E-state index contributed by atoms with van der Waals surface area (Å²) in [6, 6.07) is 11.4. The monoisotopic (exact) mass is 536 g/mol. The molecule has 0 aliphatic carbocycles. The van der Waals surface area contributed by atoms with Crippen molar-refractivity contribution in [3.05, 3.63) is 35.9 Å². The number of piperidine rings is 1. The van der Waals surface area contributed by atoms with Crippen molar-refractivity contribution >= 4 is 39.8 Å². The fourth-order valence-corrected chi connectivity index (χ4v) is 3.60. The first-order valence-corrected chi connectivity index (χ1v) is 12.0. The fraction of sp³-hybridized carbons (Fsp3) is 0.667. The zero-order chi connectivity index (χ0) is 20.8. The van der Waals surface area contributed by atoms with Crippen LogP contribution in [0.5, 0.6) is 0 Å². The Hall–Kier alpha value is -0.870. The molecule has 1 heterocycles.